The van der Waals surface area contributed by atoms with Crippen molar-refractivity contribution in [2.24, 2.45) is 0 Å². The molecule has 6 nitrogen and oxygen atoms in total. The molecule has 154 valence electrons. The Morgan fingerprint density at radius 3 is 2.65 bits per heavy atom. The van der Waals surface area contributed by atoms with Gasteiger partial charge >= 0.3 is 0 Å². The number of amides is 1. The molecule has 6 heteroatoms. The lowest BCUT2D eigenvalue weighted by molar-refractivity contribution is -0.118. The summed E-state index contributed by atoms with van der Waals surface area (Å²) in [4.78, 5) is 16.6. The molecule has 4 rings (SSSR count). The average molecular weight is 411 g/mol. The number of benzene rings is 3. The van der Waals surface area contributed by atoms with Crippen molar-refractivity contribution in [3.63, 3.8) is 0 Å². The SMILES string of the molecule is Cc1ccccc1NC(=O)COc1cccc(-c2noc(/C=C/c3ccccc3)n2)c1. The third-order valence-electron chi connectivity index (χ3n) is 4.54. The molecule has 0 aliphatic carbocycles. The highest BCUT2D eigenvalue weighted by atomic mass is 16.5. The molecular formula is C25H21N3O3. The smallest absolute Gasteiger partial charge is 0.262 e. The Morgan fingerprint density at radius 1 is 1.00 bits per heavy atom. The van der Waals surface area contributed by atoms with E-state index in [9.17, 15) is 4.79 Å². The molecule has 0 saturated heterocycles. The maximum Gasteiger partial charge on any atom is 0.262 e. The normalized spacial score (nSPS) is 10.9. The van der Waals surface area contributed by atoms with Gasteiger partial charge in [-0.3, -0.25) is 4.79 Å². The predicted molar refractivity (Wildman–Crippen MR) is 120 cm³/mol. The van der Waals surface area contributed by atoms with E-state index in [1.54, 1.807) is 18.2 Å². The molecule has 0 radical (unpaired) electrons. The second kappa shape index (κ2) is 9.54. The maximum absolute atomic E-state index is 12.2. The van der Waals surface area contributed by atoms with Gasteiger partial charge in [0.25, 0.3) is 11.8 Å². The van der Waals surface area contributed by atoms with Crippen LogP contribution in [0.1, 0.15) is 17.0 Å². The molecule has 0 unspecified atom stereocenters. The Hall–Kier alpha value is -4.19. The largest absolute Gasteiger partial charge is 0.484 e. The van der Waals surface area contributed by atoms with E-state index < -0.39 is 0 Å². The van der Waals surface area contributed by atoms with Gasteiger partial charge in [0.1, 0.15) is 5.75 Å². The van der Waals surface area contributed by atoms with E-state index in [-0.39, 0.29) is 12.5 Å². The first-order valence-electron chi connectivity index (χ1n) is 9.83. The number of nitrogens with zero attached hydrogens (tertiary/aromatic N) is 2. The van der Waals surface area contributed by atoms with Crippen molar-refractivity contribution in [2.45, 2.75) is 6.92 Å². The first-order valence-corrected chi connectivity index (χ1v) is 9.83. The minimum Gasteiger partial charge on any atom is -0.484 e. The monoisotopic (exact) mass is 411 g/mol. The Morgan fingerprint density at radius 2 is 1.81 bits per heavy atom. The van der Waals surface area contributed by atoms with E-state index in [0.717, 1.165) is 22.4 Å². The molecule has 0 spiro atoms. The van der Waals surface area contributed by atoms with Gasteiger partial charge in [0.2, 0.25) is 5.82 Å². The van der Waals surface area contributed by atoms with Crippen molar-refractivity contribution in [1.29, 1.82) is 0 Å². The van der Waals surface area contributed by atoms with E-state index in [0.29, 0.717) is 17.5 Å². The van der Waals surface area contributed by atoms with Crippen molar-refractivity contribution in [2.75, 3.05) is 11.9 Å². The van der Waals surface area contributed by atoms with E-state index in [1.807, 2.05) is 79.7 Å². The van der Waals surface area contributed by atoms with Gasteiger partial charge in [0, 0.05) is 17.3 Å². The van der Waals surface area contributed by atoms with E-state index in [4.69, 9.17) is 9.26 Å². The Kier molecular flexibility index (Phi) is 6.18. The van der Waals surface area contributed by atoms with E-state index >= 15 is 0 Å². The van der Waals surface area contributed by atoms with Crippen LogP contribution < -0.4 is 10.1 Å². The zero-order chi connectivity index (χ0) is 21.5. The molecule has 0 saturated carbocycles. The summed E-state index contributed by atoms with van der Waals surface area (Å²) < 4.78 is 10.9. The molecule has 0 fully saturated rings. The highest BCUT2D eigenvalue weighted by Gasteiger charge is 2.09. The van der Waals surface area contributed by atoms with Gasteiger partial charge in [-0.05, 0) is 42.3 Å². The minimum absolute atomic E-state index is 0.102. The van der Waals surface area contributed by atoms with Crippen molar-refractivity contribution in [1.82, 2.24) is 10.1 Å². The van der Waals surface area contributed by atoms with Gasteiger partial charge in [-0.15, -0.1) is 0 Å². The second-order valence-electron chi connectivity index (χ2n) is 6.88. The lowest BCUT2D eigenvalue weighted by Crippen LogP contribution is -2.20. The summed E-state index contributed by atoms with van der Waals surface area (Å²) >= 11 is 0. The van der Waals surface area contributed by atoms with Crippen LogP contribution in [-0.2, 0) is 4.79 Å². The van der Waals surface area contributed by atoms with Crippen LogP contribution >= 0.6 is 0 Å². The molecule has 0 bridgehead atoms. The number of anilines is 1. The van der Waals surface area contributed by atoms with Crippen LogP contribution in [-0.4, -0.2) is 22.7 Å². The third kappa shape index (κ3) is 5.45. The molecule has 1 aromatic heterocycles. The van der Waals surface area contributed by atoms with Crippen molar-refractivity contribution in [3.8, 4) is 17.1 Å². The van der Waals surface area contributed by atoms with Gasteiger partial charge in [-0.1, -0.05) is 65.8 Å². The lowest BCUT2D eigenvalue weighted by atomic mass is 10.2. The summed E-state index contributed by atoms with van der Waals surface area (Å²) in [5.74, 6) is 1.17. The van der Waals surface area contributed by atoms with Gasteiger partial charge in [0.15, 0.2) is 6.61 Å². The van der Waals surface area contributed by atoms with Crippen molar-refractivity contribution >= 4 is 23.7 Å². The molecule has 3 aromatic carbocycles. The minimum atomic E-state index is -0.229. The summed E-state index contributed by atoms with van der Waals surface area (Å²) in [5, 5.41) is 6.87. The first kappa shape index (κ1) is 20.1. The highest BCUT2D eigenvalue weighted by Crippen LogP contribution is 2.22. The van der Waals surface area contributed by atoms with Crippen LogP contribution in [0.4, 0.5) is 5.69 Å². The topological polar surface area (TPSA) is 77.2 Å². The number of nitrogens with one attached hydrogen (secondary N) is 1. The molecule has 31 heavy (non-hydrogen) atoms. The molecule has 0 atom stereocenters. The fourth-order valence-electron chi connectivity index (χ4n) is 2.93. The van der Waals surface area contributed by atoms with Crippen LogP contribution in [0.3, 0.4) is 0 Å². The van der Waals surface area contributed by atoms with Gasteiger partial charge in [-0.2, -0.15) is 4.98 Å². The number of para-hydroxylation sites is 1. The molecule has 1 heterocycles. The average Bonchev–Trinajstić information content (AvgIpc) is 3.28. The Labute approximate surface area is 180 Å². The maximum atomic E-state index is 12.2. The number of rotatable bonds is 7. The van der Waals surface area contributed by atoms with Crippen LogP contribution in [0.25, 0.3) is 23.5 Å². The molecule has 0 aliphatic rings. The summed E-state index contributed by atoms with van der Waals surface area (Å²) in [6, 6.07) is 24.7. The first-order chi connectivity index (χ1) is 15.2. The second-order valence-corrected chi connectivity index (χ2v) is 6.88. The van der Waals surface area contributed by atoms with E-state index in [1.165, 1.54) is 0 Å². The standard InChI is InChI=1S/C25H21N3O3/c1-18-8-5-6-13-22(18)26-23(29)17-30-21-12-7-11-20(16-21)25-27-24(31-28-25)15-14-19-9-3-2-4-10-19/h2-16H,17H2,1H3,(H,26,29)/b15-14+. The molecular weight excluding hydrogens is 390 g/mol. The van der Waals surface area contributed by atoms with Crippen LogP contribution in [0.2, 0.25) is 0 Å². The number of hydrogen-bond donors (Lipinski definition) is 1. The zero-order valence-corrected chi connectivity index (χ0v) is 17.0. The van der Waals surface area contributed by atoms with Gasteiger partial charge in [-0.25, -0.2) is 0 Å². The van der Waals surface area contributed by atoms with Crippen LogP contribution in [0.5, 0.6) is 5.75 Å². The van der Waals surface area contributed by atoms with Gasteiger partial charge in [0.05, 0.1) is 0 Å². The van der Waals surface area contributed by atoms with Gasteiger partial charge < -0.3 is 14.6 Å². The molecule has 0 aliphatic heterocycles. The van der Waals surface area contributed by atoms with Crippen molar-refractivity contribution in [3.05, 3.63) is 95.9 Å². The molecule has 4 aromatic rings. The quantitative estimate of drug-likeness (QED) is 0.450. The number of ether oxygens (including phenoxy) is 1. The number of aromatic nitrogens is 2. The van der Waals surface area contributed by atoms with Crippen LogP contribution in [0.15, 0.2) is 83.4 Å². The fourth-order valence-corrected chi connectivity index (χ4v) is 2.93. The predicted octanol–water partition coefficient (Wildman–Crippen LogP) is 5.23. The Bertz CT molecular complexity index is 1200. The highest BCUT2D eigenvalue weighted by molar-refractivity contribution is 5.92. The molecule has 1 amide bonds. The third-order valence-corrected chi connectivity index (χ3v) is 4.54. The zero-order valence-electron chi connectivity index (χ0n) is 17.0. The van der Waals surface area contributed by atoms with Crippen LogP contribution in [0, 0.1) is 6.92 Å². The number of carbonyl (C=O) groups is 1. The lowest BCUT2D eigenvalue weighted by Gasteiger charge is -2.09. The fraction of sp³-hybridized carbons (Fsp3) is 0.0800. The van der Waals surface area contributed by atoms with E-state index in [2.05, 4.69) is 15.5 Å². The summed E-state index contributed by atoms with van der Waals surface area (Å²) in [5.41, 5.74) is 3.54. The Balaban J connectivity index is 1.38. The summed E-state index contributed by atoms with van der Waals surface area (Å²) in [6.07, 6.45) is 3.67. The van der Waals surface area contributed by atoms with Crippen molar-refractivity contribution < 1.29 is 14.1 Å². The molecule has 1 N–H and O–H groups in total. The summed E-state index contributed by atoms with van der Waals surface area (Å²) in [6.45, 7) is 1.84. The number of hydrogen-bond acceptors (Lipinski definition) is 5. The number of carbonyl (C=O) groups excluding carboxylic acids is 1. The summed E-state index contributed by atoms with van der Waals surface area (Å²) in [7, 11) is 0. The number of aryl methyl sites for hydroxylation is 1.